The van der Waals surface area contributed by atoms with Crippen LogP contribution in [-0.4, -0.2) is 41.7 Å². The van der Waals surface area contributed by atoms with E-state index in [4.69, 9.17) is 9.97 Å². The average molecular weight is 489 g/mol. The van der Waals surface area contributed by atoms with E-state index < -0.39 is 0 Å². The summed E-state index contributed by atoms with van der Waals surface area (Å²) in [4.78, 5) is 22.4. The minimum absolute atomic E-state index is 0.672. The predicted molar refractivity (Wildman–Crippen MR) is 145 cm³/mol. The van der Waals surface area contributed by atoms with Crippen molar-refractivity contribution >= 4 is 27.6 Å². The van der Waals surface area contributed by atoms with Gasteiger partial charge in [0.25, 0.3) is 0 Å². The van der Waals surface area contributed by atoms with Crippen molar-refractivity contribution in [3.8, 4) is 22.8 Å². The topological polar surface area (TPSA) is 108 Å². The number of hydrogen-bond donors (Lipinski definition) is 3. The molecule has 7 rings (SSSR count). The molecule has 3 N–H and O–H groups in total. The number of hydrogen-bond acceptors (Lipinski definition) is 6. The van der Waals surface area contributed by atoms with Crippen LogP contribution < -0.4 is 5.32 Å². The van der Waals surface area contributed by atoms with E-state index in [9.17, 15) is 0 Å². The maximum atomic E-state index is 4.98. The molecule has 1 fully saturated rings. The van der Waals surface area contributed by atoms with Crippen molar-refractivity contribution < 1.29 is 0 Å². The second-order valence-corrected chi connectivity index (χ2v) is 9.97. The van der Waals surface area contributed by atoms with Crippen molar-refractivity contribution in [2.75, 3.05) is 6.54 Å². The molecule has 0 aromatic carbocycles. The number of aromatic amines is 2. The van der Waals surface area contributed by atoms with Gasteiger partial charge in [0.1, 0.15) is 11.0 Å². The first-order chi connectivity index (χ1) is 18.3. The van der Waals surface area contributed by atoms with E-state index in [-0.39, 0.29) is 0 Å². The zero-order valence-electron chi connectivity index (χ0n) is 20.5. The maximum absolute atomic E-state index is 4.98. The Morgan fingerprint density at radius 3 is 2.78 bits per heavy atom. The minimum Gasteiger partial charge on any atom is -0.336 e. The minimum atomic E-state index is 0.672. The molecule has 0 spiro atoms. The molecule has 37 heavy (non-hydrogen) atoms. The van der Waals surface area contributed by atoms with Gasteiger partial charge < -0.3 is 10.3 Å². The second-order valence-electron chi connectivity index (χ2n) is 9.97. The molecule has 2 aliphatic rings. The smallest absolute Gasteiger partial charge is 0.161 e. The Labute approximate surface area is 214 Å². The number of H-pyrrole nitrogens is 2. The Kier molecular flexibility index (Phi) is 5.59. The second kappa shape index (κ2) is 9.37. The molecule has 0 unspecified atom stereocenters. The highest BCUT2D eigenvalue weighted by Crippen LogP contribution is 2.31. The van der Waals surface area contributed by atoms with Gasteiger partial charge >= 0.3 is 0 Å². The van der Waals surface area contributed by atoms with Crippen molar-refractivity contribution in [2.45, 2.75) is 38.6 Å². The first-order valence-corrected chi connectivity index (χ1v) is 13.0. The molecule has 184 valence electrons. The van der Waals surface area contributed by atoms with Crippen molar-refractivity contribution in [3.63, 3.8) is 0 Å². The van der Waals surface area contributed by atoms with Gasteiger partial charge in [-0.25, -0.2) is 9.97 Å². The number of rotatable bonds is 7. The number of pyridine rings is 3. The van der Waals surface area contributed by atoms with E-state index in [2.05, 4.69) is 54.8 Å². The van der Waals surface area contributed by atoms with E-state index >= 15 is 0 Å². The summed E-state index contributed by atoms with van der Waals surface area (Å²) in [5.41, 5.74) is 9.09. The zero-order chi connectivity index (χ0) is 24.6. The Morgan fingerprint density at radius 1 is 0.973 bits per heavy atom. The quantitative estimate of drug-likeness (QED) is 0.276. The summed E-state index contributed by atoms with van der Waals surface area (Å²) in [6, 6.07) is 8.14. The van der Waals surface area contributed by atoms with Crippen LogP contribution in [-0.2, 0) is 6.54 Å². The third-order valence-corrected chi connectivity index (χ3v) is 7.41. The first-order valence-electron chi connectivity index (χ1n) is 13.0. The number of nitrogens with one attached hydrogen (secondary N) is 3. The lowest BCUT2D eigenvalue weighted by Gasteiger charge is -2.11. The van der Waals surface area contributed by atoms with Crippen LogP contribution in [0.15, 0.2) is 61.1 Å². The molecule has 5 heterocycles. The Morgan fingerprint density at radius 2 is 1.89 bits per heavy atom. The Balaban J connectivity index is 1.19. The van der Waals surface area contributed by atoms with Crippen LogP contribution in [0.5, 0.6) is 0 Å². The molecular formula is C29H28N8. The molecule has 0 atom stereocenters. The molecule has 5 aromatic rings. The lowest BCUT2D eigenvalue weighted by molar-refractivity contribution is 0.489. The van der Waals surface area contributed by atoms with Crippen LogP contribution in [0.3, 0.4) is 0 Å². The fourth-order valence-corrected chi connectivity index (χ4v) is 5.48. The molecule has 5 aromatic heterocycles. The summed E-state index contributed by atoms with van der Waals surface area (Å²) in [6.07, 6.45) is 18.4. The van der Waals surface area contributed by atoms with Gasteiger partial charge in [0.15, 0.2) is 11.5 Å². The van der Waals surface area contributed by atoms with Crippen LogP contribution in [0.25, 0.3) is 50.4 Å². The standard InChI is InChI=1S/C29H28N8/c1-2-6-18(5-1)14-30-15-19-13-21(17-31-16-19)22-9-10-24-27(33-22)28(37-36-24)29-34-23-11-12-32-25(26(23)35-29)20-7-3-4-8-20/h3,7-13,16-18,30H,1-2,4-6,14-15H2,(H,34,35)(H,36,37). The van der Waals surface area contributed by atoms with E-state index in [1.165, 1.54) is 25.7 Å². The highest BCUT2D eigenvalue weighted by atomic mass is 15.2. The fraction of sp³-hybridized carbons (Fsp3) is 0.276. The summed E-state index contributed by atoms with van der Waals surface area (Å²) in [5.74, 6) is 1.49. The normalized spacial score (nSPS) is 15.8. The lowest BCUT2D eigenvalue weighted by atomic mass is 10.1. The number of imidazole rings is 1. The fourth-order valence-electron chi connectivity index (χ4n) is 5.48. The molecule has 8 heteroatoms. The van der Waals surface area contributed by atoms with Crippen molar-refractivity contribution in [3.05, 3.63) is 72.3 Å². The third-order valence-electron chi connectivity index (χ3n) is 7.41. The Bertz CT molecular complexity index is 1650. The summed E-state index contributed by atoms with van der Waals surface area (Å²) < 4.78 is 0. The SMILES string of the molecule is C1=CC(c2nccc3[nH]c(-c4n[nH]c5ccc(-c6cncc(CNCC7CCCC7)c6)nc45)nc23)=CC1. The molecule has 0 saturated heterocycles. The summed E-state index contributed by atoms with van der Waals surface area (Å²) in [7, 11) is 0. The number of aromatic nitrogens is 7. The zero-order valence-corrected chi connectivity index (χ0v) is 20.5. The van der Waals surface area contributed by atoms with Crippen LogP contribution in [0.4, 0.5) is 0 Å². The monoisotopic (exact) mass is 488 g/mol. The number of nitrogens with zero attached hydrogens (tertiary/aromatic N) is 5. The molecule has 0 bridgehead atoms. The Hall–Kier alpha value is -4.17. The summed E-state index contributed by atoms with van der Waals surface area (Å²) >= 11 is 0. The van der Waals surface area contributed by atoms with Crippen molar-refractivity contribution in [1.29, 1.82) is 0 Å². The van der Waals surface area contributed by atoms with Crippen LogP contribution in [0.2, 0.25) is 0 Å². The van der Waals surface area contributed by atoms with E-state index in [1.54, 1.807) is 0 Å². The van der Waals surface area contributed by atoms with Crippen molar-refractivity contribution in [1.82, 2.24) is 40.4 Å². The highest BCUT2D eigenvalue weighted by Gasteiger charge is 2.18. The van der Waals surface area contributed by atoms with Gasteiger partial charge in [0, 0.05) is 30.7 Å². The molecule has 0 aliphatic heterocycles. The van der Waals surface area contributed by atoms with Crippen molar-refractivity contribution in [2.24, 2.45) is 5.92 Å². The summed E-state index contributed by atoms with van der Waals surface area (Å²) in [6.45, 7) is 1.90. The van der Waals surface area contributed by atoms with E-state index in [0.717, 1.165) is 75.6 Å². The van der Waals surface area contributed by atoms with Gasteiger partial charge in [-0.15, -0.1) is 0 Å². The van der Waals surface area contributed by atoms with Crippen LogP contribution in [0, 0.1) is 5.92 Å². The molecule has 1 saturated carbocycles. The van der Waals surface area contributed by atoms with E-state index in [0.29, 0.717) is 11.5 Å². The van der Waals surface area contributed by atoms with Gasteiger partial charge in [-0.05, 0) is 67.1 Å². The van der Waals surface area contributed by atoms with Gasteiger partial charge in [0.2, 0.25) is 0 Å². The highest BCUT2D eigenvalue weighted by molar-refractivity contribution is 5.95. The maximum Gasteiger partial charge on any atom is 0.161 e. The van der Waals surface area contributed by atoms with Gasteiger partial charge in [0.05, 0.1) is 22.4 Å². The van der Waals surface area contributed by atoms with Gasteiger partial charge in [-0.3, -0.25) is 15.1 Å². The van der Waals surface area contributed by atoms with Crippen LogP contribution in [0.1, 0.15) is 43.4 Å². The molecule has 2 aliphatic carbocycles. The lowest BCUT2D eigenvalue weighted by Crippen LogP contribution is -2.20. The molecule has 0 amide bonds. The number of allylic oxidation sites excluding steroid dienone is 4. The third kappa shape index (κ3) is 4.23. The molecule has 8 nitrogen and oxygen atoms in total. The summed E-state index contributed by atoms with van der Waals surface area (Å²) in [5, 5.41) is 11.3. The largest absolute Gasteiger partial charge is 0.336 e. The molecule has 0 radical (unpaired) electrons. The van der Waals surface area contributed by atoms with E-state index in [1.807, 2.05) is 36.8 Å². The van der Waals surface area contributed by atoms with Gasteiger partial charge in [-0.1, -0.05) is 31.1 Å². The molecular weight excluding hydrogens is 460 g/mol. The number of fused-ring (bicyclic) bond motifs is 2. The first kappa shape index (κ1) is 22.1. The van der Waals surface area contributed by atoms with Crippen LogP contribution >= 0.6 is 0 Å². The van der Waals surface area contributed by atoms with Gasteiger partial charge in [-0.2, -0.15) is 5.10 Å². The predicted octanol–water partition coefficient (Wildman–Crippen LogP) is 5.58. The average Bonchev–Trinajstić information content (AvgIpc) is 3.74.